The number of hydrogen-bond acceptors (Lipinski definition) is 6. The molecule has 1 aliphatic rings. The van der Waals surface area contributed by atoms with Gasteiger partial charge in [-0.05, 0) is 38.3 Å². The average Bonchev–Trinajstić information content (AvgIpc) is 3.05. The molecule has 0 spiro atoms. The van der Waals surface area contributed by atoms with Crippen LogP contribution in [-0.2, 0) is 4.74 Å². The van der Waals surface area contributed by atoms with Crippen molar-refractivity contribution < 1.29 is 4.74 Å². The number of halogens is 1. The van der Waals surface area contributed by atoms with Crippen LogP contribution in [0.4, 0.5) is 0 Å². The summed E-state index contributed by atoms with van der Waals surface area (Å²) in [6.07, 6.45) is 5.90. The molecule has 0 N–H and O–H groups in total. The second-order valence-corrected chi connectivity index (χ2v) is 7.58. The van der Waals surface area contributed by atoms with Crippen LogP contribution in [-0.4, -0.2) is 26.4 Å². The number of thiazole rings is 1. The first kappa shape index (κ1) is 17.3. The van der Waals surface area contributed by atoms with Gasteiger partial charge in [-0.2, -0.15) is 5.10 Å². The first-order valence-corrected chi connectivity index (χ1v) is 9.61. The van der Waals surface area contributed by atoms with E-state index >= 15 is 0 Å². The Morgan fingerprint density at radius 3 is 2.96 bits per heavy atom. The van der Waals surface area contributed by atoms with Gasteiger partial charge >= 0.3 is 0 Å². The van der Waals surface area contributed by atoms with Crippen molar-refractivity contribution in [1.82, 2.24) is 19.7 Å². The van der Waals surface area contributed by atoms with Crippen molar-refractivity contribution >= 4 is 22.9 Å². The third-order valence-electron chi connectivity index (χ3n) is 4.23. The van der Waals surface area contributed by atoms with Gasteiger partial charge in [-0.25, -0.2) is 9.67 Å². The maximum absolute atomic E-state index is 12.2. The standard InChI is InChI=1S/C18H17ClN4O2S/c1-11-17(26-18(21-11)12-8-13(19)10-20-9-12)14-5-6-15(24)23(22-14)16-4-2-3-7-25-16/h5-6,8-10,16H,2-4,7H2,1H3. The summed E-state index contributed by atoms with van der Waals surface area (Å²) in [7, 11) is 0. The fraction of sp³-hybridized carbons (Fsp3) is 0.333. The van der Waals surface area contributed by atoms with Crippen molar-refractivity contribution in [2.75, 3.05) is 6.61 Å². The Hall–Kier alpha value is -2.09. The number of ether oxygens (including phenoxy) is 1. The zero-order chi connectivity index (χ0) is 18.1. The summed E-state index contributed by atoms with van der Waals surface area (Å²) in [6.45, 7) is 2.59. The van der Waals surface area contributed by atoms with E-state index in [1.807, 2.05) is 13.0 Å². The molecule has 3 aromatic rings. The SMILES string of the molecule is Cc1nc(-c2cncc(Cl)c2)sc1-c1ccc(=O)n(C2CCCCO2)n1. The van der Waals surface area contributed by atoms with Crippen LogP contribution < -0.4 is 5.56 Å². The summed E-state index contributed by atoms with van der Waals surface area (Å²) in [5.41, 5.74) is 2.28. The quantitative estimate of drug-likeness (QED) is 0.675. The van der Waals surface area contributed by atoms with Crippen LogP contribution in [0, 0.1) is 6.92 Å². The number of pyridine rings is 1. The lowest BCUT2D eigenvalue weighted by atomic mass is 10.2. The Bertz CT molecular complexity index is 995. The van der Waals surface area contributed by atoms with Crippen molar-refractivity contribution in [3.8, 4) is 21.1 Å². The Labute approximate surface area is 159 Å². The summed E-state index contributed by atoms with van der Waals surface area (Å²) >= 11 is 7.54. The Morgan fingerprint density at radius 1 is 1.31 bits per heavy atom. The summed E-state index contributed by atoms with van der Waals surface area (Å²) in [4.78, 5) is 21.9. The number of nitrogens with zero attached hydrogens (tertiary/aromatic N) is 4. The first-order chi connectivity index (χ1) is 12.6. The maximum Gasteiger partial charge on any atom is 0.269 e. The maximum atomic E-state index is 12.2. The van der Waals surface area contributed by atoms with Crippen LogP contribution in [0.5, 0.6) is 0 Å². The molecule has 8 heteroatoms. The van der Waals surface area contributed by atoms with Crippen LogP contribution in [0.25, 0.3) is 21.1 Å². The third-order valence-corrected chi connectivity index (χ3v) is 5.67. The van der Waals surface area contributed by atoms with E-state index in [1.165, 1.54) is 16.0 Å². The molecule has 1 aliphatic heterocycles. The molecule has 1 atom stereocenters. The lowest BCUT2D eigenvalue weighted by Gasteiger charge is -2.23. The Balaban J connectivity index is 1.73. The molecule has 6 nitrogen and oxygen atoms in total. The van der Waals surface area contributed by atoms with E-state index in [4.69, 9.17) is 16.3 Å². The molecule has 4 rings (SSSR count). The molecule has 3 aromatic heterocycles. The lowest BCUT2D eigenvalue weighted by Crippen LogP contribution is -2.30. The Morgan fingerprint density at radius 2 is 2.19 bits per heavy atom. The molecular weight excluding hydrogens is 372 g/mol. The zero-order valence-corrected chi connectivity index (χ0v) is 15.8. The van der Waals surface area contributed by atoms with Gasteiger partial charge in [0.1, 0.15) is 10.7 Å². The van der Waals surface area contributed by atoms with Crippen LogP contribution in [0.1, 0.15) is 31.2 Å². The molecule has 0 amide bonds. The second-order valence-electron chi connectivity index (χ2n) is 6.15. The average molecular weight is 389 g/mol. The van der Waals surface area contributed by atoms with Crippen molar-refractivity contribution in [2.24, 2.45) is 0 Å². The van der Waals surface area contributed by atoms with Crippen LogP contribution >= 0.6 is 22.9 Å². The normalized spacial score (nSPS) is 17.4. The van der Waals surface area contributed by atoms with Gasteiger partial charge in [-0.15, -0.1) is 11.3 Å². The molecule has 0 radical (unpaired) electrons. The highest BCUT2D eigenvalue weighted by atomic mass is 35.5. The van der Waals surface area contributed by atoms with Crippen molar-refractivity contribution in [2.45, 2.75) is 32.4 Å². The predicted molar refractivity (Wildman–Crippen MR) is 101 cm³/mol. The molecule has 1 unspecified atom stereocenters. The van der Waals surface area contributed by atoms with Crippen LogP contribution in [0.15, 0.2) is 35.4 Å². The summed E-state index contributed by atoms with van der Waals surface area (Å²) in [5.74, 6) is 0. The van der Waals surface area contributed by atoms with Crippen molar-refractivity contribution in [3.63, 3.8) is 0 Å². The molecule has 26 heavy (non-hydrogen) atoms. The number of aromatic nitrogens is 4. The minimum atomic E-state index is -0.291. The van der Waals surface area contributed by atoms with E-state index < -0.39 is 0 Å². The van der Waals surface area contributed by atoms with Crippen molar-refractivity contribution in [3.05, 3.63) is 51.7 Å². The summed E-state index contributed by atoms with van der Waals surface area (Å²) in [5, 5.41) is 5.95. The highest BCUT2D eigenvalue weighted by Gasteiger charge is 2.20. The number of rotatable bonds is 3. The molecule has 0 aromatic carbocycles. The van der Waals surface area contributed by atoms with E-state index in [0.717, 1.165) is 46.1 Å². The molecule has 0 saturated carbocycles. The molecule has 1 fully saturated rings. The van der Waals surface area contributed by atoms with Gasteiger partial charge in [0.2, 0.25) is 0 Å². The van der Waals surface area contributed by atoms with Gasteiger partial charge in [-0.3, -0.25) is 9.78 Å². The molecule has 134 valence electrons. The van der Waals surface area contributed by atoms with Crippen LogP contribution in [0.2, 0.25) is 5.02 Å². The second kappa shape index (κ2) is 7.26. The van der Waals surface area contributed by atoms with E-state index in [9.17, 15) is 4.79 Å². The lowest BCUT2D eigenvalue weighted by molar-refractivity contribution is -0.0422. The van der Waals surface area contributed by atoms with E-state index in [-0.39, 0.29) is 11.8 Å². The highest BCUT2D eigenvalue weighted by Crippen LogP contribution is 2.34. The first-order valence-electron chi connectivity index (χ1n) is 8.42. The fourth-order valence-electron chi connectivity index (χ4n) is 2.96. The van der Waals surface area contributed by atoms with Gasteiger partial charge in [-0.1, -0.05) is 11.6 Å². The largest absolute Gasteiger partial charge is 0.356 e. The van der Waals surface area contributed by atoms with E-state index in [1.54, 1.807) is 24.5 Å². The van der Waals surface area contributed by atoms with Gasteiger partial charge in [0.05, 0.1) is 15.6 Å². The molecule has 4 heterocycles. The minimum Gasteiger partial charge on any atom is -0.356 e. The third kappa shape index (κ3) is 3.42. The van der Waals surface area contributed by atoms with Gasteiger partial charge in [0.25, 0.3) is 5.56 Å². The van der Waals surface area contributed by atoms with Gasteiger partial charge < -0.3 is 4.74 Å². The molecule has 0 bridgehead atoms. The predicted octanol–water partition coefficient (Wildman–Crippen LogP) is 4.09. The molecule has 0 aliphatic carbocycles. The smallest absolute Gasteiger partial charge is 0.269 e. The summed E-state index contributed by atoms with van der Waals surface area (Å²) < 4.78 is 7.17. The van der Waals surface area contributed by atoms with E-state index in [2.05, 4.69) is 15.1 Å². The minimum absolute atomic E-state index is 0.151. The van der Waals surface area contributed by atoms with Gasteiger partial charge in [0, 0.05) is 30.6 Å². The molecular formula is C18H17ClN4O2S. The number of hydrogen-bond donors (Lipinski definition) is 0. The van der Waals surface area contributed by atoms with Crippen molar-refractivity contribution in [1.29, 1.82) is 0 Å². The monoisotopic (exact) mass is 388 g/mol. The van der Waals surface area contributed by atoms with Gasteiger partial charge in [0.15, 0.2) is 6.23 Å². The fourth-order valence-corrected chi connectivity index (χ4v) is 4.14. The highest BCUT2D eigenvalue weighted by molar-refractivity contribution is 7.18. The Kier molecular flexibility index (Phi) is 4.84. The zero-order valence-electron chi connectivity index (χ0n) is 14.2. The molecule has 1 saturated heterocycles. The summed E-state index contributed by atoms with van der Waals surface area (Å²) in [6, 6.07) is 5.11. The topological polar surface area (TPSA) is 69.9 Å². The van der Waals surface area contributed by atoms with Crippen LogP contribution in [0.3, 0.4) is 0 Å². The van der Waals surface area contributed by atoms with E-state index in [0.29, 0.717) is 11.6 Å². The number of aryl methyl sites for hydroxylation is 1.